The van der Waals surface area contributed by atoms with Gasteiger partial charge in [0.15, 0.2) is 0 Å². The number of allylic oxidation sites excluding steroid dienone is 3. The van der Waals surface area contributed by atoms with Crippen LogP contribution < -0.4 is 5.32 Å². The minimum Gasteiger partial charge on any atom is -0.501 e. The lowest BCUT2D eigenvalue weighted by atomic mass is 9.89. The number of carbonyl (C=O) groups excluding carboxylic acids is 1. The van der Waals surface area contributed by atoms with Crippen LogP contribution >= 0.6 is 0 Å². The predicted octanol–water partition coefficient (Wildman–Crippen LogP) is 2.57. The van der Waals surface area contributed by atoms with Crippen molar-refractivity contribution in [2.24, 2.45) is 18.0 Å². The Balaban J connectivity index is 1.86. The van der Waals surface area contributed by atoms with Crippen LogP contribution in [-0.2, 0) is 16.5 Å². The minimum absolute atomic E-state index is 0.198. The molecule has 1 fully saturated rings. The molecule has 2 aliphatic heterocycles. The van der Waals surface area contributed by atoms with Gasteiger partial charge in [-0.3, -0.25) is 9.48 Å². The van der Waals surface area contributed by atoms with Crippen LogP contribution in [0.3, 0.4) is 0 Å². The largest absolute Gasteiger partial charge is 0.501 e. The average molecular weight is 358 g/mol. The van der Waals surface area contributed by atoms with Crippen molar-refractivity contribution in [1.29, 1.82) is 0 Å². The van der Waals surface area contributed by atoms with Gasteiger partial charge in [-0.2, -0.15) is 5.10 Å². The van der Waals surface area contributed by atoms with Crippen molar-refractivity contribution in [1.82, 2.24) is 15.1 Å². The smallest absolute Gasteiger partial charge is 0.259 e. The maximum atomic E-state index is 12.4. The SMILES string of the molecule is CO/C(C)=C1\CC(NC(=O)c2cnn(C)c2)=N\C1=C(\C)C1CCOCC1. The van der Waals surface area contributed by atoms with Crippen LogP contribution in [0, 0.1) is 5.92 Å². The average Bonchev–Trinajstić information content (AvgIpc) is 3.27. The van der Waals surface area contributed by atoms with Gasteiger partial charge in [0.2, 0.25) is 0 Å². The van der Waals surface area contributed by atoms with Gasteiger partial charge in [0, 0.05) is 38.5 Å². The molecule has 3 heterocycles. The Hall–Kier alpha value is -2.41. The molecule has 0 aliphatic carbocycles. The summed E-state index contributed by atoms with van der Waals surface area (Å²) < 4.78 is 12.5. The van der Waals surface area contributed by atoms with Crippen molar-refractivity contribution < 1.29 is 14.3 Å². The Morgan fingerprint density at radius 1 is 1.35 bits per heavy atom. The zero-order chi connectivity index (χ0) is 18.7. The molecule has 0 atom stereocenters. The molecule has 0 saturated carbocycles. The Labute approximate surface area is 153 Å². The molecule has 1 aromatic heterocycles. The molecule has 3 rings (SSSR count). The molecule has 26 heavy (non-hydrogen) atoms. The van der Waals surface area contributed by atoms with E-state index in [0.29, 0.717) is 23.7 Å². The first-order valence-corrected chi connectivity index (χ1v) is 8.89. The lowest BCUT2D eigenvalue weighted by Gasteiger charge is -2.24. The highest BCUT2D eigenvalue weighted by Gasteiger charge is 2.27. The maximum absolute atomic E-state index is 12.4. The van der Waals surface area contributed by atoms with Gasteiger partial charge in [0.1, 0.15) is 5.84 Å². The Morgan fingerprint density at radius 2 is 2.08 bits per heavy atom. The van der Waals surface area contributed by atoms with Crippen molar-refractivity contribution in [2.45, 2.75) is 33.1 Å². The number of carbonyl (C=O) groups is 1. The summed E-state index contributed by atoms with van der Waals surface area (Å²) in [4.78, 5) is 17.2. The Bertz CT molecular complexity index is 782. The van der Waals surface area contributed by atoms with Gasteiger partial charge in [-0.25, -0.2) is 4.99 Å². The fourth-order valence-electron chi connectivity index (χ4n) is 3.37. The van der Waals surface area contributed by atoms with E-state index in [-0.39, 0.29) is 5.91 Å². The number of hydrogen-bond acceptors (Lipinski definition) is 5. The van der Waals surface area contributed by atoms with Crippen LogP contribution in [-0.4, -0.2) is 41.8 Å². The number of methoxy groups -OCH3 is 1. The molecule has 7 nitrogen and oxygen atoms in total. The van der Waals surface area contributed by atoms with Crippen LogP contribution in [0.15, 0.2) is 40.0 Å². The van der Waals surface area contributed by atoms with Gasteiger partial charge >= 0.3 is 0 Å². The summed E-state index contributed by atoms with van der Waals surface area (Å²) in [6, 6.07) is 0. The third-order valence-corrected chi connectivity index (χ3v) is 5.04. The normalized spacial score (nSPS) is 22.1. The van der Waals surface area contributed by atoms with Crippen LogP contribution in [0.2, 0.25) is 0 Å². The molecule has 140 valence electrons. The van der Waals surface area contributed by atoms with Crippen LogP contribution in [0.5, 0.6) is 0 Å². The van der Waals surface area contributed by atoms with Gasteiger partial charge in [-0.1, -0.05) is 0 Å². The van der Waals surface area contributed by atoms with Crippen molar-refractivity contribution >= 4 is 11.7 Å². The van der Waals surface area contributed by atoms with Gasteiger partial charge in [0.25, 0.3) is 5.91 Å². The van der Waals surface area contributed by atoms with Crippen molar-refractivity contribution in [3.8, 4) is 0 Å². The van der Waals surface area contributed by atoms with Gasteiger partial charge < -0.3 is 14.8 Å². The summed E-state index contributed by atoms with van der Waals surface area (Å²) in [6.07, 6.45) is 5.79. The first-order chi connectivity index (χ1) is 12.5. The summed E-state index contributed by atoms with van der Waals surface area (Å²) in [6.45, 7) is 5.63. The van der Waals surface area contributed by atoms with Crippen LogP contribution in [0.1, 0.15) is 43.5 Å². The first-order valence-electron chi connectivity index (χ1n) is 8.89. The van der Waals surface area contributed by atoms with E-state index in [9.17, 15) is 4.79 Å². The van der Waals surface area contributed by atoms with E-state index in [1.165, 1.54) is 5.57 Å². The number of amidine groups is 1. The molecule has 1 aromatic rings. The van der Waals surface area contributed by atoms with Gasteiger partial charge in [0.05, 0.1) is 30.3 Å². The predicted molar refractivity (Wildman–Crippen MR) is 98.7 cm³/mol. The summed E-state index contributed by atoms with van der Waals surface area (Å²) in [5.74, 6) is 1.74. The fraction of sp³-hybridized carbons (Fsp3) is 0.526. The third-order valence-electron chi connectivity index (χ3n) is 5.04. The lowest BCUT2D eigenvalue weighted by molar-refractivity contribution is 0.0755. The second-order valence-corrected chi connectivity index (χ2v) is 6.75. The quantitative estimate of drug-likeness (QED) is 0.843. The molecule has 0 spiro atoms. The number of aromatic nitrogens is 2. The standard InChI is InChI=1S/C19H26N4O3/c1-12(14-5-7-26-8-6-14)18-16(13(2)25-4)9-17(21-18)22-19(24)15-10-20-23(3)11-15/h10-11,14H,5-9H2,1-4H3,(H,21,22,24)/b16-13+,18-12-. The highest BCUT2D eigenvalue weighted by atomic mass is 16.5. The molecule has 2 aliphatic rings. The maximum Gasteiger partial charge on any atom is 0.259 e. The number of aryl methyl sites for hydroxylation is 1. The molecule has 1 amide bonds. The molecule has 1 saturated heterocycles. The molecule has 0 radical (unpaired) electrons. The number of nitrogens with zero attached hydrogens (tertiary/aromatic N) is 3. The number of aliphatic imine (C=N–C) groups is 1. The zero-order valence-electron chi connectivity index (χ0n) is 15.8. The number of hydrogen-bond donors (Lipinski definition) is 1. The molecular formula is C19H26N4O3. The highest BCUT2D eigenvalue weighted by molar-refractivity contribution is 6.08. The Morgan fingerprint density at radius 3 is 2.69 bits per heavy atom. The van der Waals surface area contributed by atoms with Crippen molar-refractivity contribution in [3.63, 3.8) is 0 Å². The molecule has 7 heteroatoms. The summed E-state index contributed by atoms with van der Waals surface area (Å²) in [5.41, 5.74) is 3.74. The summed E-state index contributed by atoms with van der Waals surface area (Å²) in [7, 11) is 3.45. The van der Waals surface area contributed by atoms with Crippen LogP contribution in [0.4, 0.5) is 0 Å². The minimum atomic E-state index is -0.198. The number of ether oxygens (including phenoxy) is 2. The monoisotopic (exact) mass is 358 g/mol. The number of amides is 1. The topological polar surface area (TPSA) is 77.7 Å². The van der Waals surface area contributed by atoms with E-state index in [1.807, 2.05) is 6.92 Å². The highest BCUT2D eigenvalue weighted by Crippen LogP contribution is 2.35. The van der Waals surface area contributed by atoms with Gasteiger partial charge in [-0.15, -0.1) is 0 Å². The fourth-order valence-corrected chi connectivity index (χ4v) is 3.37. The summed E-state index contributed by atoms with van der Waals surface area (Å²) in [5, 5.41) is 6.95. The van der Waals surface area contributed by atoms with Crippen molar-refractivity contribution in [3.05, 3.63) is 40.6 Å². The van der Waals surface area contributed by atoms with E-state index < -0.39 is 0 Å². The third kappa shape index (κ3) is 3.88. The van der Waals surface area contributed by atoms with Crippen LogP contribution in [0.25, 0.3) is 0 Å². The van der Waals surface area contributed by atoms with Crippen molar-refractivity contribution in [2.75, 3.05) is 20.3 Å². The zero-order valence-corrected chi connectivity index (χ0v) is 15.8. The molecule has 0 unspecified atom stereocenters. The second-order valence-electron chi connectivity index (χ2n) is 6.75. The van der Waals surface area contributed by atoms with E-state index in [4.69, 9.17) is 14.5 Å². The van der Waals surface area contributed by atoms with Gasteiger partial charge in [-0.05, 0) is 38.2 Å². The molecule has 0 bridgehead atoms. The number of nitrogens with one attached hydrogen (secondary N) is 1. The van der Waals surface area contributed by atoms with E-state index >= 15 is 0 Å². The van der Waals surface area contributed by atoms with E-state index in [0.717, 1.165) is 43.1 Å². The molecule has 0 aromatic carbocycles. The molecule has 1 N–H and O–H groups in total. The molecular weight excluding hydrogens is 332 g/mol. The lowest BCUT2D eigenvalue weighted by Crippen LogP contribution is -2.29. The summed E-state index contributed by atoms with van der Waals surface area (Å²) >= 11 is 0. The number of rotatable bonds is 3. The van der Waals surface area contributed by atoms with E-state index in [1.54, 1.807) is 31.2 Å². The van der Waals surface area contributed by atoms with E-state index in [2.05, 4.69) is 17.3 Å². The first kappa shape index (κ1) is 18.4. The Kier molecular flexibility index (Phi) is 5.56. The second kappa shape index (κ2) is 7.86.